The zero-order chi connectivity index (χ0) is 15.3. The van der Waals surface area contributed by atoms with Crippen LogP contribution in [0.2, 0.25) is 0 Å². The van der Waals surface area contributed by atoms with Gasteiger partial charge in [-0.2, -0.15) is 0 Å². The first kappa shape index (κ1) is 15.9. The Kier molecular flexibility index (Phi) is 5.25. The zero-order valence-corrected chi connectivity index (χ0v) is 13.3. The van der Waals surface area contributed by atoms with Crippen LogP contribution in [0.4, 0.5) is 0 Å². The van der Waals surface area contributed by atoms with Crippen LogP contribution >= 0.6 is 11.8 Å². The molecule has 0 spiro atoms. The summed E-state index contributed by atoms with van der Waals surface area (Å²) in [6.45, 7) is 3.58. The highest BCUT2D eigenvalue weighted by atomic mass is 32.2. The Balaban J connectivity index is 1.87. The summed E-state index contributed by atoms with van der Waals surface area (Å²) < 4.78 is 10.7. The first-order valence-corrected chi connectivity index (χ1v) is 7.75. The highest BCUT2D eigenvalue weighted by Gasteiger charge is 2.14. The molecule has 0 amide bonds. The highest BCUT2D eigenvalue weighted by molar-refractivity contribution is 7.99. The van der Waals surface area contributed by atoms with Gasteiger partial charge in [0.1, 0.15) is 5.75 Å². The van der Waals surface area contributed by atoms with Gasteiger partial charge in [0.2, 0.25) is 5.89 Å². The average Bonchev–Trinajstić information content (AvgIpc) is 2.86. The van der Waals surface area contributed by atoms with Crippen molar-refractivity contribution in [2.24, 2.45) is 0 Å². The van der Waals surface area contributed by atoms with Crippen LogP contribution in [0.3, 0.4) is 0 Å². The second-order valence-electron chi connectivity index (χ2n) is 5.40. The number of thioether (sulfide) groups is 1. The van der Waals surface area contributed by atoms with Gasteiger partial charge in [0.15, 0.2) is 0 Å². The molecule has 0 aliphatic heterocycles. The van der Waals surface area contributed by atoms with Crippen molar-refractivity contribution in [3.05, 3.63) is 35.7 Å². The van der Waals surface area contributed by atoms with E-state index >= 15 is 0 Å². The largest absolute Gasteiger partial charge is 0.497 e. The molecule has 0 bridgehead atoms. The van der Waals surface area contributed by atoms with Crippen LogP contribution in [-0.2, 0) is 6.42 Å². The maximum absolute atomic E-state index is 9.65. The molecule has 1 N–H and O–H groups in total. The van der Waals surface area contributed by atoms with Crippen molar-refractivity contribution in [3.8, 4) is 5.75 Å². The Morgan fingerprint density at radius 3 is 2.57 bits per heavy atom. The van der Waals surface area contributed by atoms with E-state index in [4.69, 9.17) is 9.15 Å². The molecule has 5 nitrogen and oxygen atoms in total. The first-order chi connectivity index (χ1) is 9.96. The Hall–Kier alpha value is -1.53. The third kappa shape index (κ3) is 5.40. The SMILES string of the molecule is COc1ccc(Cc2nnc(SCCC(C)(C)O)o2)cc1. The maximum atomic E-state index is 9.65. The summed E-state index contributed by atoms with van der Waals surface area (Å²) in [7, 11) is 1.64. The highest BCUT2D eigenvalue weighted by Crippen LogP contribution is 2.21. The number of hydrogen-bond acceptors (Lipinski definition) is 6. The Morgan fingerprint density at radius 2 is 1.95 bits per heavy atom. The van der Waals surface area contributed by atoms with Crippen LogP contribution in [-0.4, -0.2) is 33.8 Å². The fourth-order valence-corrected chi connectivity index (χ4v) is 2.70. The van der Waals surface area contributed by atoms with Gasteiger partial charge in [0, 0.05) is 5.75 Å². The summed E-state index contributed by atoms with van der Waals surface area (Å²) in [5.74, 6) is 2.16. The Labute approximate surface area is 128 Å². The van der Waals surface area contributed by atoms with Gasteiger partial charge in [-0.1, -0.05) is 23.9 Å². The van der Waals surface area contributed by atoms with Crippen molar-refractivity contribution in [1.82, 2.24) is 10.2 Å². The molecule has 0 aliphatic carbocycles. The topological polar surface area (TPSA) is 68.4 Å². The van der Waals surface area contributed by atoms with Gasteiger partial charge in [-0.05, 0) is 38.0 Å². The number of nitrogens with zero attached hydrogens (tertiary/aromatic N) is 2. The van der Waals surface area contributed by atoms with E-state index in [-0.39, 0.29) is 0 Å². The van der Waals surface area contributed by atoms with Crippen molar-refractivity contribution in [3.63, 3.8) is 0 Å². The molecule has 0 unspecified atom stereocenters. The number of aliphatic hydroxyl groups is 1. The third-order valence-electron chi connectivity index (χ3n) is 2.90. The van der Waals surface area contributed by atoms with Gasteiger partial charge in [-0.3, -0.25) is 0 Å². The standard InChI is InChI=1S/C15H20N2O3S/c1-15(2,18)8-9-21-14-17-16-13(20-14)10-11-4-6-12(19-3)7-5-11/h4-7,18H,8-10H2,1-3H3. The van der Waals surface area contributed by atoms with Crippen LogP contribution in [0.5, 0.6) is 5.75 Å². The molecule has 21 heavy (non-hydrogen) atoms. The summed E-state index contributed by atoms with van der Waals surface area (Å²) in [6.07, 6.45) is 1.27. The molecule has 1 heterocycles. The number of methoxy groups -OCH3 is 1. The lowest BCUT2D eigenvalue weighted by Crippen LogP contribution is -2.18. The van der Waals surface area contributed by atoms with E-state index in [1.54, 1.807) is 21.0 Å². The predicted octanol–water partition coefficient (Wildman–Crippen LogP) is 2.92. The van der Waals surface area contributed by atoms with Gasteiger partial charge >= 0.3 is 0 Å². The van der Waals surface area contributed by atoms with Crippen molar-refractivity contribution in [1.29, 1.82) is 0 Å². The van der Waals surface area contributed by atoms with Crippen LogP contribution in [0.1, 0.15) is 31.7 Å². The second-order valence-corrected chi connectivity index (χ2v) is 6.44. The van der Waals surface area contributed by atoms with Crippen molar-refractivity contribution in [2.75, 3.05) is 12.9 Å². The lowest BCUT2D eigenvalue weighted by atomic mass is 10.1. The molecule has 0 atom stereocenters. The normalized spacial score (nSPS) is 11.6. The van der Waals surface area contributed by atoms with Gasteiger partial charge in [0.05, 0.1) is 19.1 Å². The molecule has 2 aromatic rings. The minimum atomic E-state index is -0.668. The minimum Gasteiger partial charge on any atom is -0.497 e. The van der Waals surface area contributed by atoms with Gasteiger partial charge in [-0.25, -0.2) is 0 Å². The van der Waals surface area contributed by atoms with E-state index in [0.29, 0.717) is 24.0 Å². The van der Waals surface area contributed by atoms with Crippen molar-refractivity contribution < 1.29 is 14.3 Å². The third-order valence-corrected chi connectivity index (χ3v) is 3.72. The van der Waals surface area contributed by atoms with E-state index in [1.807, 2.05) is 24.3 Å². The molecular weight excluding hydrogens is 288 g/mol. The quantitative estimate of drug-likeness (QED) is 0.793. The molecule has 0 aliphatic rings. The van der Waals surface area contributed by atoms with Crippen LogP contribution < -0.4 is 4.74 Å². The summed E-state index contributed by atoms with van der Waals surface area (Å²) in [5, 5.41) is 18.2. The smallest absolute Gasteiger partial charge is 0.276 e. The monoisotopic (exact) mass is 308 g/mol. The molecule has 2 rings (SSSR count). The number of ether oxygens (including phenoxy) is 1. The number of rotatable bonds is 7. The molecule has 6 heteroatoms. The molecular formula is C15H20N2O3S. The average molecular weight is 308 g/mol. The zero-order valence-electron chi connectivity index (χ0n) is 12.5. The lowest BCUT2D eigenvalue weighted by molar-refractivity contribution is 0.0777. The van der Waals surface area contributed by atoms with Gasteiger partial charge in [-0.15, -0.1) is 10.2 Å². The van der Waals surface area contributed by atoms with Crippen molar-refractivity contribution in [2.45, 2.75) is 37.5 Å². The molecule has 1 aromatic carbocycles. The molecule has 114 valence electrons. The predicted molar refractivity (Wildman–Crippen MR) is 81.7 cm³/mol. The second kappa shape index (κ2) is 6.95. The van der Waals surface area contributed by atoms with E-state index < -0.39 is 5.60 Å². The Morgan fingerprint density at radius 1 is 1.24 bits per heavy atom. The lowest BCUT2D eigenvalue weighted by Gasteiger charge is -2.15. The molecule has 0 radical (unpaired) electrons. The number of aromatic nitrogens is 2. The van der Waals surface area contributed by atoms with E-state index in [2.05, 4.69) is 10.2 Å². The van der Waals surface area contributed by atoms with Crippen LogP contribution in [0.25, 0.3) is 0 Å². The van der Waals surface area contributed by atoms with E-state index in [1.165, 1.54) is 11.8 Å². The van der Waals surface area contributed by atoms with Crippen LogP contribution in [0.15, 0.2) is 33.9 Å². The summed E-state index contributed by atoms with van der Waals surface area (Å²) >= 11 is 1.46. The fraction of sp³-hybridized carbons (Fsp3) is 0.467. The molecule has 0 fully saturated rings. The van der Waals surface area contributed by atoms with Gasteiger partial charge in [0.25, 0.3) is 5.22 Å². The molecule has 1 aromatic heterocycles. The summed E-state index contributed by atoms with van der Waals surface area (Å²) in [6, 6.07) is 7.77. The number of benzene rings is 1. The Bertz CT molecular complexity index is 561. The molecule has 0 saturated heterocycles. The van der Waals surface area contributed by atoms with E-state index in [0.717, 1.165) is 17.1 Å². The summed E-state index contributed by atoms with van der Waals surface area (Å²) in [5.41, 5.74) is 0.423. The van der Waals surface area contributed by atoms with Gasteiger partial charge < -0.3 is 14.3 Å². The maximum Gasteiger partial charge on any atom is 0.276 e. The minimum absolute atomic E-state index is 0.544. The van der Waals surface area contributed by atoms with Crippen molar-refractivity contribution >= 4 is 11.8 Å². The molecule has 0 saturated carbocycles. The number of hydrogen-bond donors (Lipinski definition) is 1. The fourth-order valence-electron chi connectivity index (χ4n) is 1.67. The van der Waals surface area contributed by atoms with E-state index in [9.17, 15) is 5.11 Å². The first-order valence-electron chi connectivity index (χ1n) is 6.77. The van der Waals surface area contributed by atoms with Crippen LogP contribution in [0, 0.1) is 0 Å². The summed E-state index contributed by atoms with van der Waals surface area (Å²) in [4.78, 5) is 0.